The van der Waals surface area contributed by atoms with Gasteiger partial charge >= 0.3 is 0 Å². The predicted octanol–water partition coefficient (Wildman–Crippen LogP) is 2.42. The Morgan fingerprint density at radius 3 is 2.63 bits per heavy atom. The van der Waals surface area contributed by atoms with Crippen molar-refractivity contribution < 1.29 is 5.11 Å². The predicted molar refractivity (Wildman–Crippen MR) is 82.4 cm³/mol. The van der Waals surface area contributed by atoms with Gasteiger partial charge in [-0.15, -0.1) is 0 Å². The highest BCUT2D eigenvalue weighted by Gasteiger charge is 2.17. The Bertz CT molecular complexity index is 253. The third kappa shape index (κ3) is 7.71. The molecule has 19 heavy (non-hydrogen) atoms. The molecule has 3 nitrogen and oxygen atoms in total. The number of aliphatic hydroxyl groups excluding tert-OH is 1. The van der Waals surface area contributed by atoms with E-state index in [1.807, 2.05) is 0 Å². The SMILES string of the molecule is CC(C)=CCN1CCC(NCCCC(C)CO)CC1. The van der Waals surface area contributed by atoms with Crippen LogP contribution in [0.4, 0.5) is 0 Å². The minimum Gasteiger partial charge on any atom is -0.396 e. The molecule has 0 bridgehead atoms. The number of aliphatic hydroxyl groups is 1. The van der Waals surface area contributed by atoms with Crippen molar-refractivity contribution in [1.82, 2.24) is 10.2 Å². The third-order valence-electron chi connectivity index (χ3n) is 3.96. The van der Waals surface area contributed by atoms with Crippen molar-refractivity contribution in [3.63, 3.8) is 0 Å². The molecule has 2 N–H and O–H groups in total. The summed E-state index contributed by atoms with van der Waals surface area (Å²) in [6, 6.07) is 0.701. The first kappa shape index (κ1) is 16.7. The van der Waals surface area contributed by atoms with Gasteiger partial charge in [0.05, 0.1) is 0 Å². The van der Waals surface area contributed by atoms with Gasteiger partial charge in [-0.3, -0.25) is 4.90 Å². The summed E-state index contributed by atoms with van der Waals surface area (Å²) < 4.78 is 0. The molecule has 1 atom stereocenters. The van der Waals surface area contributed by atoms with Gasteiger partial charge in [-0.1, -0.05) is 18.6 Å². The zero-order chi connectivity index (χ0) is 14.1. The Morgan fingerprint density at radius 1 is 1.37 bits per heavy atom. The summed E-state index contributed by atoms with van der Waals surface area (Å²) in [6.07, 6.45) is 7.17. The molecule has 0 aliphatic carbocycles. The smallest absolute Gasteiger partial charge is 0.0456 e. The zero-order valence-electron chi connectivity index (χ0n) is 13.0. The first-order valence-electron chi connectivity index (χ1n) is 7.81. The summed E-state index contributed by atoms with van der Waals surface area (Å²) in [5.74, 6) is 0.452. The average molecular weight is 268 g/mol. The van der Waals surface area contributed by atoms with Crippen molar-refractivity contribution in [2.24, 2.45) is 5.92 Å². The molecule has 3 heteroatoms. The summed E-state index contributed by atoms with van der Waals surface area (Å²) in [5, 5.41) is 12.6. The number of nitrogens with zero attached hydrogens (tertiary/aromatic N) is 1. The van der Waals surface area contributed by atoms with Crippen LogP contribution in [-0.2, 0) is 0 Å². The molecule has 112 valence electrons. The van der Waals surface area contributed by atoms with Gasteiger partial charge in [0.2, 0.25) is 0 Å². The molecule has 1 unspecified atom stereocenters. The number of nitrogens with one attached hydrogen (secondary N) is 1. The number of piperidine rings is 1. The normalized spacial score (nSPS) is 19.4. The van der Waals surface area contributed by atoms with E-state index < -0.39 is 0 Å². The minimum absolute atomic E-state index is 0.322. The first-order chi connectivity index (χ1) is 9.11. The zero-order valence-corrected chi connectivity index (χ0v) is 13.0. The van der Waals surface area contributed by atoms with E-state index in [4.69, 9.17) is 5.11 Å². The van der Waals surface area contributed by atoms with E-state index in [9.17, 15) is 0 Å². The standard InChI is InChI=1S/C16H32N2O/c1-14(2)6-10-18-11-7-16(8-12-18)17-9-4-5-15(3)13-19/h6,15-17,19H,4-5,7-13H2,1-3H3. The lowest BCUT2D eigenvalue weighted by molar-refractivity contribution is 0.210. The summed E-state index contributed by atoms with van der Waals surface area (Å²) in [7, 11) is 0. The van der Waals surface area contributed by atoms with E-state index in [1.54, 1.807) is 0 Å². The quantitative estimate of drug-likeness (QED) is 0.524. The van der Waals surface area contributed by atoms with E-state index in [0.717, 1.165) is 19.5 Å². The highest BCUT2D eigenvalue weighted by Crippen LogP contribution is 2.11. The molecule has 0 aromatic rings. The second-order valence-corrected chi connectivity index (χ2v) is 6.24. The van der Waals surface area contributed by atoms with Crippen LogP contribution in [0.25, 0.3) is 0 Å². The maximum atomic E-state index is 8.97. The topological polar surface area (TPSA) is 35.5 Å². The highest BCUT2D eigenvalue weighted by molar-refractivity contribution is 4.95. The third-order valence-corrected chi connectivity index (χ3v) is 3.96. The van der Waals surface area contributed by atoms with Crippen molar-refractivity contribution in [3.05, 3.63) is 11.6 Å². The lowest BCUT2D eigenvalue weighted by Gasteiger charge is -2.32. The lowest BCUT2D eigenvalue weighted by atomic mass is 10.0. The van der Waals surface area contributed by atoms with Crippen LogP contribution in [0.1, 0.15) is 46.5 Å². The number of hydrogen-bond acceptors (Lipinski definition) is 3. The Hall–Kier alpha value is -0.380. The van der Waals surface area contributed by atoms with Crippen LogP contribution in [0.3, 0.4) is 0 Å². The van der Waals surface area contributed by atoms with Gasteiger partial charge in [-0.25, -0.2) is 0 Å². The Balaban J connectivity index is 2.05. The summed E-state index contributed by atoms with van der Waals surface area (Å²) in [5.41, 5.74) is 1.42. The average Bonchev–Trinajstić information content (AvgIpc) is 2.42. The Morgan fingerprint density at radius 2 is 2.05 bits per heavy atom. The molecule has 1 fully saturated rings. The molecule has 1 aliphatic rings. The Kier molecular flexibility index (Phi) is 8.35. The second-order valence-electron chi connectivity index (χ2n) is 6.24. The molecule has 1 rings (SSSR count). The van der Waals surface area contributed by atoms with Gasteiger partial charge in [0, 0.05) is 19.2 Å². The van der Waals surface area contributed by atoms with Crippen LogP contribution >= 0.6 is 0 Å². The summed E-state index contributed by atoms with van der Waals surface area (Å²) >= 11 is 0. The Labute approximate surface area is 119 Å². The maximum absolute atomic E-state index is 8.97. The van der Waals surface area contributed by atoms with Crippen LogP contribution < -0.4 is 5.32 Å². The fourth-order valence-electron chi connectivity index (χ4n) is 2.48. The van der Waals surface area contributed by atoms with Gasteiger partial charge in [0.1, 0.15) is 0 Å². The molecule has 0 saturated carbocycles. The van der Waals surface area contributed by atoms with Gasteiger partial charge < -0.3 is 10.4 Å². The van der Waals surface area contributed by atoms with Gasteiger partial charge in [0.15, 0.2) is 0 Å². The molecule has 1 heterocycles. The van der Waals surface area contributed by atoms with Crippen molar-refractivity contribution in [3.8, 4) is 0 Å². The van der Waals surface area contributed by atoms with Crippen LogP contribution in [-0.4, -0.2) is 48.8 Å². The monoisotopic (exact) mass is 268 g/mol. The van der Waals surface area contributed by atoms with Crippen molar-refractivity contribution in [2.45, 2.75) is 52.5 Å². The largest absolute Gasteiger partial charge is 0.396 e. The highest BCUT2D eigenvalue weighted by atomic mass is 16.3. The van der Waals surface area contributed by atoms with Crippen molar-refractivity contribution in [2.75, 3.05) is 32.8 Å². The fraction of sp³-hybridized carbons (Fsp3) is 0.875. The fourth-order valence-corrected chi connectivity index (χ4v) is 2.48. The molecule has 0 amide bonds. The van der Waals surface area contributed by atoms with Crippen molar-refractivity contribution in [1.29, 1.82) is 0 Å². The van der Waals surface area contributed by atoms with E-state index >= 15 is 0 Å². The number of rotatable bonds is 8. The first-order valence-corrected chi connectivity index (χ1v) is 7.81. The molecule has 0 aromatic heterocycles. The second kappa shape index (κ2) is 9.51. The molecule has 0 radical (unpaired) electrons. The van der Waals surface area contributed by atoms with E-state index in [0.29, 0.717) is 18.6 Å². The van der Waals surface area contributed by atoms with Crippen LogP contribution in [0.5, 0.6) is 0 Å². The maximum Gasteiger partial charge on any atom is 0.0456 e. The molecule has 0 spiro atoms. The molecule has 1 saturated heterocycles. The molecular weight excluding hydrogens is 236 g/mol. The number of allylic oxidation sites excluding steroid dienone is 1. The van der Waals surface area contributed by atoms with Gasteiger partial charge in [-0.05, 0) is 65.1 Å². The number of likely N-dealkylation sites (tertiary alicyclic amines) is 1. The molecule has 1 aliphatic heterocycles. The van der Waals surface area contributed by atoms with Crippen LogP contribution in [0, 0.1) is 5.92 Å². The van der Waals surface area contributed by atoms with Crippen molar-refractivity contribution >= 4 is 0 Å². The van der Waals surface area contributed by atoms with Crippen LogP contribution in [0.15, 0.2) is 11.6 Å². The van der Waals surface area contributed by atoms with Gasteiger partial charge in [-0.2, -0.15) is 0 Å². The van der Waals surface area contributed by atoms with E-state index in [2.05, 4.69) is 37.1 Å². The summed E-state index contributed by atoms with van der Waals surface area (Å²) in [6.45, 7) is 11.4. The molecular formula is C16H32N2O. The summed E-state index contributed by atoms with van der Waals surface area (Å²) in [4.78, 5) is 2.54. The van der Waals surface area contributed by atoms with E-state index in [1.165, 1.54) is 37.9 Å². The van der Waals surface area contributed by atoms with Crippen LogP contribution in [0.2, 0.25) is 0 Å². The minimum atomic E-state index is 0.322. The van der Waals surface area contributed by atoms with Gasteiger partial charge in [0.25, 0.3) is 0 Å². The molecule has 0 aromatic carbocycles. The van der Waals surface area contributed by atoms with E-state index in [-0.39, 0.29) is 0 Å². The number of hydrogen-bond donors (Lipinski definition) is 2. The lowest BCUT2D eigenvalue weighted by Crippen LogP contribution is -2.42.